The van der Waals surface area contributed by atoms with Crippen LogP contribution in [-0.4, -0.2) is 23.1 Å². The number of hydrogen-bond donors (Lipinski definition) is 2. The summed E-state index contributed by atoms with van der Waals surface area (Å²) in [4.78, 5) is 28.5. The summed E-state index contributed by atoms with van der Waals surface area (Å²) in [7, 11) is 0. The van der Waals surface area contributed by atoms with Gasteiger partial charge in [0.15, 0.2) is 0 Å². The maximum Gasteiger partial charge on any atom is 0.418 e. The summed E-state index contributed by atoms with van der Waals surface area (Å²) in [6.07, 6.45) is -3.39. The molecule has 2 N–H and O–H groups in total. The van der Waals surface area contributed by atoms with E-state index in [1.54, 1.807) is 72.8 Å². The van der Waals surface area contributed by atoms with Crippen LogP contribution in [0.1, 0.15) is 37.5 Å². The average Bonchev–Trinajstić information content (AvgIpc) is 3.33. The van der Waals surface area contributed by atoms with Crippen molar-refractivity contribution >= 4 is 40.6 Å². The molecule has 1 heterocycles. The summed E-state index contributed by atoms with van der Waals surface area (Å²) in [5.41, 5.74) is 3.34. The van der Waals surface area contributed by atoms with Crippen molar-refractivity contribution in [2.45, 2.75) is 13.1 Å². The Balaban J connectivity index is 1.46. The topological polar surface area (TPSA) is 83.5 Å². The Labute approximate surface area is 237 Å². The number of ether oxygens (including phenoxy) is 1. The van der Waals surface area contributed by atoms with Crippen LogP contribution in [0, 0.1) is 6.92 Å². The highest BCUT2D eigenvalue weighted by molar-refractivity contribution is 6.34. The third kappa shape index (κ3) is 5.85. The Kier molecular flexibility index (Phi) is 7.63. The Hall–Kier alpha value is -4.89. The number of alkyl halides is 3. The molecular formula is C31H21ClF3N3O3. The molecule has 0 aliphatic rings. The minimum Gasteiger partial charge on any atom is -0.422 e. The second kappa shape index (κ2) is 11.3. The van der Waals surface area contributed by atoms with E-state index in [0.29, 0.717) is 16.7 Å². The number of aromatic nitrogens is 1. The molecule has 1 amide bonds. The lowest BCUT2D eigenvalue weighted by molar-refractivity contribution is -0.136. The quantitative estimate of drug-likeness (QED) is 0.0938. The maximum absolute atomic E-state index is 13.8. The number of hydrogen-bond acceptors (Lipinski definition) is 4. The molecule has 0 atom stereocenters. The molecule has 5 rings (SSSR count). The summed E-state index contributed by atoms with van der Waals surface area (Å²) in [6.45, 7) is 1.90. The number of H-pyrrole nitrogens is 1. The third-order valence-electron chi connectivity index (χ3n) is 6.29. The Morgan fingerprint density at radius 1 is 0.927 bits per heavy atom. The lowest BCUT2D eigenvalue weighted by atomic mass is 10.00. The van der Waals surface area contributed by atoms with Gasteiger partial charge in [-0.25, -0.2) is 10.2 Å². The lowest BCUT2D eigenvalue weighted by Crippen LogP contribution is -2.19. The molecule has 0 saturated heterocycles. The van der Waals surface area contributed by atoms with Crippen molar-refractivity contribution in [1.29, 1.82) is 0 Å². The number of carbonyl (C=O) groups is 2. The first-order valence-corrected chi connectivity index (χ1v) is 12.7. The van der Waals surface area contributed by atoms with Gasteiger partial charge in [0, 0.05) is 27.1 Å². The summed E-state index contributed by atoms with van der Waals surface area (Å²) in [5, 5.41) is 4.41. The van der Waals surface area contributed by atoms with Gasteiger partial charge in [-0.3, -0.25) is 4.79 Å². The molecule has 0 radical (unpaired) electrons. The molecule has 0 saturated carbocycles. The zero-order chi connectivity index (χ0) is 29.1. The standard InChI is InChI=1S/C31H21ClF3N3O3/c1-18-13-15-19(16-14-18)30(40)41-25-12-5-2-7-20(25)17-36-38-29(39)28-26(21-8-3-4-11-24(21)32)22-9-6-10-23(27(22)37-28)31(33,34)35/h2-17,37H,1H3,(H,38,39). The normalized spacial score (nSPS) is 11.6. The van der Waals surface area contributed by atoms with Crippen molar-refractivity contribution < 1.29 is 27.5 Å². The molecule has 0 unspecified atom stereocenters. The molecule has 206 valence electrons. The number of carbonyl (C=O) groups excluding carboxylic acids is 2. The van der Waals surface area contributed by atoms with Gasteiger partial charge in [0.2, 0.25) is 0 Å². The minimum absolute atomic E-state index is 0.152. The van der Waals surface area contributed by atoms with Crippen molar-refractivity contribution in [2.75, 3.05) is 0 Å². The molecule has 41 heavy (non-hydrogen) atoms. The number of esters is 1. The number of amides is 1. The highest BCUT2D eigenvalue weighted by Crippen LogP contribution is 2.41. The fourth-order valence-corrected chi connectivity index (χ4v) is 4.54. The number of rotatable bonds is 6. The number of hydrazone groups is 1. The van der Waals surface area contributed by atoms with Crippen LogP contribution in [0.15, 0.2) is 96.1 Å². The smallest absolute Gasteiger partial charge is 0.418 e. The number of benzene rings is 4. The van der Waals surface area contributed by atoms with Gasteiger partial charge < -0.3 is 9.72 Å². The molecular weight excluding hydrogens is 555 g/mol. The largest absolute Gasteiger partial charge is 0.422 e. The van der Waals surface area contributed by atoms with E-state index in [1.807, 2.05) is 6.92 Å². The molecule has 0 aliphatic heterocycles. The second-order valence-corrected chi connectivity index (χ2v) is 9.48. The number of fused-ring (bicyclic) bond motifs is 1. The molecule has 1 aromatic heterocycles. The highest BCUT2D eigenvalue weighted by atomic mass is 35.5. The van der Waals surface area contributed by atoms with Gasteiger partial charge in [-0.1, -0.05) is 71.8 Å². The van der Waals surface area contributed by atoms with E-state index >= 15 is 0 Å². The van der Waals surface area contributed by atoms with Crippen LogP contribution in [0.25, 0.3) is 22.0 Å². The second-order valence-electron chi connectivity index (χ2n) is 9.07. The number of halogens is 4. The Morgan fingerprint density at radius 3 is 2.37 bits per heavy atom. The average molecular weight is 576 g/mol. The fraction of sp³-hybridized carbons (Fsp3) is 0.0645. The first-order valence-electron chi connectivity index (χ1n) is 12.3. The van der Waals surface area contributed by atoms with Crippen molar-refractivity contribution in [2.24, 2.45) is 5.10 Å². The van der Waals surface area contributed by atoms with E-state index in [-0.39, 0.29) is 32.9 Å². The van der Waals surface area contributed by atoms with Crippen LogP contribution in [-0.2, 0) is 6.18 Å². The molecule has 4 aromatic carbocycles. The van der Waals surface area contributed by atoms with Gasteiger partial charge in [-0.15, -0.1) is 0 Å². The third-order valence-corrected chi connectivity index (χ3v) is 6.62. The summed E-state index contributed by atoms with van der Waals surface area (Å²) in [6, 6.07) is 23.7. The molecule has 0 bridgehead atoms. The molecule has 10 heteroatoms. The molecule has 5 aromatic rings. The van der Waals surface area contributed by atoms with E-state index in [9.17, 15) is 22.8 Å². The lowest BCUT2D eigenvalue weighted by Gasteiger charge is -2.08. The van der Waals surface area contributed by atoms with E-state index in [4.69, 9.17) is 16.3 Å². The molecule has 0 aliphatic carbocycles. The van der Waals surface area contributed by atoms with Gasteiger partial charge in [0.1, 0.15) is 11.4 Å². The predicted octanol–water partition coefficient (Wildman–Crippen LogP) is 7.80. The van der Waals surface area contributed by atoms with E-state index < -0.39 is 23.6 Å². The number of nitrogens with zero attached hydrogens (tertiary/aromatic N) is 1. The highest BCUT2D eigenvalue weighted by Gasteiger charge is 2.35. The number of aryl methyl sites for hydroxylation is 1. The minimum atomic E-state index is -4.66. The van der Waals surface area contributed by atoms with Gasteiger partial charge in [0.05, 0.1) is 22.9 Å². The number of para-hydroxylation sites is 2. The van der Waals surface area contributed by atoms with Crippen molar-refractivity contribution in [1.82, 2.24) is 10.4 Å². The Morgan fingerprint density at radius 2 is 1.63 bits per heavy atom. The van der Waals surface area contributed by atoms with Crippen molar-refractivity contribution in [3.63, 3.8) is 0 Å². The Bertz CT molecular complexity index is 1790. The summed E-state index contributed by atoms with van der Waals surface area (Å²) >= 11 is 6.38. The van der Waals surface area contributed by atoms with E-state index in [2.05, 4.69) is 15.5 Å². The van der Waals surface area contributed by atoms with E-state index in [1.165, 1.54) is 18.3 Å². The summed E-state index contributed by atoms with van der Waals surface area (Å²) in [5.74, 6) is -1.17. The van der Waals surface area contributed by atoms with Gasteiger partial charge in [-0.05, 0) is 43.3 Å². The predicted molar refractivity (Wildman–Crippen MR) is 151 cm³/mol. The number of nitrogens with one attached hydrogen (secondary N) is 2. The maximum atomic E-state index is 13.8. The van der Waals surface area contributed by atoms with Gasteiger partial charge in [0.25, 0.3) is 5.91 Å². The van der Waals surface area contributed by atoms with Gasteiger partial charge >= 0.3 is 12.1 Å². The van der Waals surface area contributed by atoms with Crippen LogP contribution in [0.3, 0.4) is 0 Å². The SMILES string of the molecule is Cc1ccc(C(=O)Oc2ccccc2C=NNC(=O)c2[nH]c3c(C(F)(F)F)cccc3c2-c2ccccc2Cl)cc1. The monoisotopic (exact) mass is 575 g/mol. The zero-order valence-corrected chi connectivity index (χ0v) is 22.2. The van der Waals surface area contributed by atoms with E-state index in [0.717, 1.165) is 11.6 Å². The zero-order valence-electron chi connectivity index (χ0n) is 21.4. The summed E-state index contributed by atoms with van der Waals surface area (Å²) < 4.78 is 46.9. The molecule has 0 fully saturated rings. The van der Waals surface area contributed by atoms with Crippen LogP contribution in [0.4, 0.5) is 13.2 Å². The van der Waals surface area contributed by atoms with Gasteiger partial charge in [-0.2, -0.15) is 18.3 Å². The fourth-order valence-electron chi connectivity index (χ4n) is 4.31. The van der Waals surface area contributed by atoms with Crippen LogP contribution in [0.2, 0.25) is 5.02 Å². The number of aromatic amines is 1. The van der Waals surface area contributed by atoms with Crippen molar-refractivity contribution in [3.05, 3.63) is 124 Å². The van der Waals surface area contributed by atoms with Crippen LogP contribution < -0.4 is 10.2 Å². The first kappa shape index (κ1) is 27.7. The first-order chi connectivity index (χ1) is 19.6. The van der Waals surface area contributed by atoms with Crippen molar-refractivity contribution in [3.8, 4) is 16.9 Å². The van der Waals surface area contributed by atoms with Crippen LogP contribution >= 0.6 is 11.6 Å². The molecule has 0 spiro atoms. The molecule has 6 nitrogen and oxygen atoms in total. The van der Waals surface area contributed by atoms with Crippen LogP contribution in [0.5, 0.6) is 5.75 Å².